The molecule has 0 bridgehead atoms. The number of nitro groups is 1. The van der Waals surface area contributed by atoms with Gasteiger partial charge in [0.05, 0.1) is 23.8 Å². The van der Waals surface area contributed by atoms with Crippen molar-refractivity contribution < 1.29 is 19.2 Å². The van der Waals surface area contributed by atoms with Crippen LogP contribution in [0.3, 0.4) is 0 Å². The molecule has 1 N–H and O–H groups in total. The highest BCUT2D eigenvalue weighted by Gasteiger charge is 2.23. The van der Waals surface area contributed by atoms with E-state index < -0.39 is 4.92 Å². The molecule has 1 heterocycles. The zero-order valence-electron chi connectivity index (χ0n) is 13.7. The number of amides is 2. The van der Waals surface area contributed by atoms with E-state index in [2.05, 4.69) is 21.2 Å². The summed E-state index contributed by atoms with van der Waals surface area (Å²) in [6.07, 6.45) is -0.332. The standard InChI is InChI=1S/C15H19BrN4O5/c1-2-25-15(22)19-7-5-18(6-8-19)10-14(21)17-13-4-3-11(20(23)24)9-12(13)16/h3-4,9H,2,5-8,10H2,1H3,(H,17,21). The van der Waals surface area contributed by atoms with Crippen LogP contribution >= 0.6 is 15.9 Å². The Morgan fingerprint density at radius 1 is 1.32 bits per heavy atom. The number of ether oxygens (including phenoxy) is 1. The minimum Gasteiger partial charge on any atom is -0.450 e. The summed E-state index contributed by atoms with van der Waals surface area (Å²) in [5.41, 5.74) is 0.417. The third kappa shape index (κ3) is 5.40. The second kappa shape index (κ2) is 8.77. The maximum atomic E-state index is 12.2. The first-order valence-electron chi connectivity index (χ1n) is 7.78. The fourth-order valence-electron chi connectivity index (χ4n) is 2.42. The minimum atomic E-state index is -0.501. The Morgan fingerprint density at radius 2 is 2.00 bits per heavy atom. The van der Waals surface area contributed by atoms with Gasteiger partial charge in [0.25, 0.3) is 5.69 Å². The van der Waals surface area contributed by atoms with E-state index in [-0.39, 0.29) is 24.2 Å². The third-order valence-corrected chi connectivity index (χ3v) is 4.36. The lowest BCUT2D eigenvalue weighted by molar-refractivity contribution is -0.384. The summed E-state index contributed by atoms with van der Waals surface area (Å²) < 4.78 is 5.40. The fourth-order valence-corrected chi connectivity index (χ4v) is 2.88. The van der Waals surface area contributed by atoms with Crippen LogP contribution in [0.15, 0.2) is 22.7 Å². The molecule has 25 heavy (non-hydrogen) atoms. The van der Waals surface area contributed by atoms with Gasteiger partial charge in [-0.25, -0.2) is 4.79 Å². The Morgan fingerprint density at radius 3 is 2.56 bits per heavy atom. The largest absolute Gasteiger partial charge is 0.450 e. The van der Waals surface area contributed by atoms with Gasteiger partial charge in [-0.05, 0) is 28.9 Å². The van der Waals surface area contributed by atoms with E-state index in [0.717, 1.165) is 0 Å². The molecular formula is C15H19BrN4O5. The summed E-state index contributed by atoms with van der Waals surface area (Å²) >= 11 is 3.22. The molecule has 0 radical (unpaired) electrons. The summed E-state index contributed by atoms with van der Waals surface area (Å²) in [6.45, 7) is 4.45. The van der Waals surface area contributed by atoms with Crippen LogP contribution in [-0.4, -0.2) is 66.1 Å². The molecule has 0 spiro atoms. The van der Waals surface area contributed by atoms with Crippen LogP contribution in [0.25, 0.3) is 0 Å². The number of rotatable bonds is 5. The zero-order valence-corrected chi connectivity index (χ0v) is 15.3. The summed E-state index contributed by atoms with van der Waals surface area (Å²) in [7, 11) is 0. The molecule has 1 aliphatic rings. The van der Waals surface area contributed by atoms with Crippen LogP contribution in [0.5, 0.6) is 0 Å². The van der Waals surface area contributed by atoms with Crippen molar-refractivity contribution in [2.75, 3.05) is 44.6 Å². The number of hydrogen-bond donors (Lipinski definition) is 1. The minimum absolute atomic E-state index is 0.0556. The van der Waals surface area contributed by atoms with E-state index in [1.807, 2.05) is 4.90 Å². The van der Waals surface area contributed by atoms with Crippen LogP contribution in [0, 0.1) is 10.1 Å². The number of nitrogens with one attached hydrogen (secondary N) is 1. The van der Waals surface area contributed by atoms with Gasteiger partial charge in [0.1, 0.15) is 0 Å². The summed E-state index contributed by atoms with van der Waals surface area (Å²) in [5, 5.41) is 13.4. The van der Waals surface area contributed by atoms with Crippen molar-refractivity contribution in [2.45, 2.75) is 6.92 Å². The highest BCUT2D eigenvalue weighted by Crippen LogP contribution is 2.27. The average Bonchev–Trinajstić information content (AvgIpc) is 2.57. The lowest BCUT2D eigenvalue weighted by atomic mass is 10.2. The first-order valence-corrected chi connectivity index (χ1v) is 8.58. The normalized spacial score (nSPS) is 14.9. The molecule has 1 fully saturated rings. The van der Waals surface area contributed by atoms with Crippen LogP contribution in [-0.2, 0) is 9.53 Å². The number of nitro benzene ring substituents is 1. The van der Waals surface area contributed by atoms with Crippen LogP contribution < -0.4 is 5.32 Å². The number of piperazine rings is 1. The Balaban J connectivity index is 1.83. The predicted molar refractivity (Wildman–Crippen MR) is 94.5 cm³/mol. The molecule has 0 saturated carbocycles. The van der Waals surface area contributed by atoms with Crippen LogP contribution in [0.2, 0.25) is 0 Å². The molecule has 136 valence electrons. The maximum absolute atomic E-state index is 12.2. The van der Waals surface area contributed by atoms with Gasteiger partial charge in [0.15, 0.2) is 0 Å². The van der Waals surface area contributed by atoms with Gasteiger partial charge < -0.3 is 15.0 Å². The van der Waals surface area contributed by atoms with E-state index in [1.165, 1.54) is 18.2 Å². The molecule has 2 amide bonds. The number of halogens is 1. The zero-order chi connectivity index (χ0) is 18.4. The number of nitrogens with zero attached hydrogens (tertiary/aromatic N) is 3. The highest BCUT2D eigenvalue weighted by atomic mass is 79.9. The molecule has 0 unspecified atom stereocenters. The number of hydrogen-bond acceptors (Lipinski definition) is 6. The fraction of sp³-hybridized carbons (Fsp3) is 0.467. The summed E-state index contributed by atoms with van der Waals surface area (Å²) in [4.78, 5) is 37.6. The van der Waals surface area contributed by atoms with Crippen molar-refractivity contribution in [3.63, 3.8) is 0 Å². The number of carbonyl (C=O) groups excluding carboxylic acids is 2. The molecule has 2 rings (SSSR count). The molecule has 1 aliphatic heterocycles. The van der Waals surface area contributed by atoms with Crippen molar-refractivity contribution in [3.8, 4) is 0 Å². The highest BCUT2D eigenvalue weighted by molar-refractivity contribution is 9.10. The second-order valence-electron chi connectivity index (χ2n) is 5.43. The van der Waals surface area contributed by atoms with Crippen molar-refractivity contribution in [1.29, 1.82) is 0 Å². The van der Waals surface area contributed by atoms with E-state index in [1.54, 1.807) is 11.8 Å². The Kier molecular flexibility index (Phi) is 6.71. The van der Waals surface area contributed by atoms with Gasteiger partial charge >= 0.3 is 6.09 Å². The van der Waals surface area contributed by atoms with Crippen molar-refractivity contribution >= 4 is 39.3 Å². The van der Waals surface area contributed by atoms with E-state index in [4.69, 9.17) is 4.74 Å². The SMILES string of the molecule is CCOC(=O)N1CCN(CC(=O)Nc2ccc([N+](=O)[O-])cc2Br)CC1. The van der Waals surface area contributed by atoms with Gasteiger partial charge in [0, 0.05) is 42.8 Å². The molecule has 1 saturated heterocycles. The first kappa shape index (κ1) is 19.1. The Bertz CT molecular complexity index is 661. The van der Waals surface area contributed by atoms with E-state index in [9.17, 15) is 19.7 Å². The molecule has 0 aromatic heterocycles. The summed E-state index contributed by atoms with van der Waals surface area (Å²) in [5.74, 6) is -0.223. The maximum Gasteiger partial charge on any atom is 0.409 e. The number of non-ortho nitro benzene ring substituents is 1. The molecule has 10 heteroatoms. The lowest BCUT2D eigenvalue weighted by Gasteiger charge is -2.33. The predicted octanol–water partition coefficient (Wildman–Crippen LogP) is 2.07. The topological polar surface area (TPSA) is 105 Å². The van der Waals surface area contributed by atoms with Crippen molar-refractivity contribution in [3.05, 3.63) is 32.8 Å². The van der Waals surface area contributed by atoms with Gasteiger partial charge in [0.2, 0.25) is 5.91 Å². The molecule has 9 nitrogen and oxygen atoms in total. The smallest absolute Gasteiger partial charge is 0.409 e. The number of anilines is 1. The number of carbonyl (C=O) groups is 2. The van der Waals surface area contributed by atoms with E-state index >= 15 is 0 Å². The Hall–Kier alpha value is -2.20. The quantitative estimate of drug-likeness (QED) is 0.583. The van der Waals surface area contributed by atoms with Crippen molar-refractivity contribution in [2.24, 2.45) is 0 Å². The number of benzene rings is 1. The monoisotopic (exact) mass is 414 g/mol. The first-order chi connectivity index (χ1) is 11.9. The molecular weight excluding hydrogens is 396 g/mol. The van der Waals surface area contributed by atoms with Gasteiger partial charge in [-0.2, -0.15) is 0 Å². The Labute approximate surface area is 153 Å². The lowest BCUT2D eigenvalue weighted by Crippen LogP contribution is -2.50. The molecule has 0 aliphatic carbocycles. The molecule has 0 atom stereocenters. The van der Waals surface area contributed by atoms with Gasteiger partial charge in [-0.3, -0.25) is 19.8 Å². The third-order valence-electron chi connectivity index (χ3n) is 3.70. The average molecular weight is 415 g/mol. The second-order valence-corrected chi connectivity index (χ2v) is 6.29. The molecule has 1 aromatic carbocycles. The van der Waals surface area contributed by atoms with E-state index in [0.29, 0.717) is 42.9 Å². The van der Waals surface area contributed by atoms with Gasteiger partial charge in [-0.1, -0.05) is 0 Å². The molecule has 1 aromatic rings. The van der Waals surface area contributed by atoms with Crippen LogP contribution in [0.4, 0.5) is 16.2 Å². The van der Waals surface area contributed by atoms with Crippen molar-refractivity contribution in [1.82, 2.24) is 9.80 Å². The van der Waals surface area contributed by atoms with Gasteiger partial charge in [-0.15, -0.1) is 0 Å². The summed E-state index contributed by atoms with van der Waals surface area (Å²) in [6, 6.07) is 4.16. The van der Waals surface area contributed by atoms with Crippen LogP contribution in [0.1, 0.15) is 6.92 Å².